The van der Waals surface area contributed by atoms with Crippen LogP contribution in [0.4, 0.5) is 0 Å². The van der Waals surface area contributed by atoms with Crippen molar-refractivity contribution in [3.05, 3.63) is 29.8 Å². The average Bonchev–Trinajstić information content (AvgIpc) is 2.61. The zero-order chi connectivity index (χ0) is 17.2. The van der Waals surface area contributed by atoms with E-state index in [4.69, 9.17) is 18.9 Å². The van der Waals surface area contributed by atoms with Gasteiger partial charge in [-0.3, -0.25) is 4.79 Å². The number of rotatable bonds is 10. The molecule has 0 amide bonds. The third-order valence-electron chi connectivity index (χ3n) is 3.83. The van der Waals surface area contributed by atoms with Crippen molar-refractivity contribution in [3.8, 4) is 5.75 Å². The van der Waals surface area contributed by atoms with Crippen LogP contribution in [0.1, 0.15) is 43.5 Å². The number of hydrogen-bond donors (Lipinski definition) is 0. The first-order valence-electron chi connectivity index (χ1n) is 8.75. The van der Waals surface area contributed by atoms with E-state index < -0.39 is 0 Å². The standard InChI is InChI=1S/C19H28O5/c1-15(2)19(20)16-6-8-17(9-7-16)22-13-11-21-12-14-24-18-5-3-4-10-23-18/h6-9,15,18H,3-5,10-14H2,1-2H3. The van der Waals surface area contributed by atoms with Gasteiger partial charge >= 0.3 is 0 Å². The molecule has 5 nitrogen and oxygen atoms in total. The molecule has 24 heavy (non-hydrogen) atoms. The van der Waals surface area contributed by atoms with Gasteiger partial charge in [0.2, 0.25) is 0 Å². The van der Waals surface area contributed by atoms with E-state index in [0.29, 0.717) is 26.4 Å². The van der Waals surface area contributed by atoms with Crippen molar-refractivity contribution in [1.29, 1.82) is 0 Å². The van der Waals surface area contributed by atoms with Gasteiger partial charge in [-0.15, -0.1) is 0 Å². The van der Waals surface area contributed by atoms with Crippen molar-refractivity contribution < 1.29 is 23.7 Å². The number of hydrogen-bond acceptors (Lipinski definition) is 5. The summed E-state index contributed by atoms with van der Waals surface area (Å²) >= 11 is 0. The Morgan fingerprint density at radius 3 is 2.54 bits per heavy atom. The lowest BCUT2D eigenvalue weighted by molar-refractivity contribution is -0.169. The Balaban J connectivity index is 1.53. The van der Waals surface area contributed by atoms with Gasteiger partial charge in [0.25, 0.3) is 0 Å². The van der Waals surface area contributed by atoms with Crippen LogP contribution in [0.15, 0.2) is 24.3 Å². The Morgan fingerprint density at radius 1 is 1.12 bits per heavy atom. The Kier molecular flexibility index (Phi) is 8.22. The Morgan fingerprint density at radius 2 is 1.88 bits per heavy atom. The lowest BCUT2D eigenvalue weighted by Gasteiger charge is -2.22. The molecule has 0 bridgehead atoms. The van der Waals surface area contributed by atoms with Crippen molar-refractivity contribution in [2.45, 2.75) is 39.4 Å². The van der Waals surface area contributed by atoms with Gasteiger partial charge in [-0.1, -0.05) is 13.8 Å². The third kappa shape index (κ3) is 6.59. The van der Waals surface area contributed by atoms with Crippen molar-refractivity contribution >= 4 is 5.78 Å². The van der Waals surface area contributed by atoms with Gasteiger partial charge < -0.3 is 18.9 Å². The number of ether oxygens (including phenoxy) is 4. The minimum absolute atomic E-state index is 0.00592. The molecule has 1 aromatic carbocycles. The number of carbonyl (C=O) groups excluding carboxylic acids is 1. The highest BCUT2D eigenvalue weighted by atomic mass is 16.7. The summed E-state index contributed by atoms with van der Waals surface area (Å²) in [6.07, 6.45) is 3.20. The predicted molar refractivity (Wildman–Crippen MR) is 91.5 cm³/mol. The van der Waals surface area contributed by atoms with E-state index in [9.17, 15) is 4.79 Å². The van der Waals surface area contributed by atoms with Crippen LogP contribution in [-0.2, 0) is 14.2 Å². The molecule has 1 aliphatic heterocycles. The van der Waals surface area contributed by atoms with Crippen LogP contribution < -0.4 is 4.74 Å². The molecule has 2 rings (SSSR count). The quantitative estimate of drug-likeness (QED) is 0.484. The van der Waals surface area contributed by atoms with Crippen molar-refractivity contribution in [3.63, 3.8) is 0 Å². The van der Waals surface area contributed by atoms with Gasteiger partial charge in [0.05, 0.1) is 19.8 Å². The first-order chi connectivity index (χ1) is 11.7. The molecule has 1 fully saturated rings. The van der Waals surface area contributed by atoms with Gasteiger partial charge in [0.15, 0.2) is 12.1 Å². The lowest BCUT2D eigenvalue weighted by Crippen LogP contribution is -2.24. The minimum atomic E-state index is -0.0642. The fraction of sp³-hybridized carbons (Fsp3) is 0.632. The maximum atomic E-state index is 11.8. The topological polar surface area (TPSA) is 54.0 Å². The van der Waals surface area contributed by atoms with Crippen molar-refractivity contribution in [2.24, 2.45) is 5.92 Å². The molecular formula is C19H28O5. The summed E-state index contributed by atoms with van der Waals surface area (Å²) in [5, 5.41) is 0. The molecule has 1 saturated heterocycles. The molecule has 1 aliphatic rings. The molecule has 0 aromatic heterocycles. The van der Waals surface area contributed by atoms with Crippen molar-refractivity contribution in [2.75, 3.05) is 33.0 Å². The summed E-state index contributed by atoms with van der Waals surface area (Å²) in [5.41, 5.74) is 0.718. The van der Waals surface area contributed by atoms with Gasteiger partial charge in [0.1, 0.15) is 12.4 Å². The van der Waals surface area contributed by atoms with Crippen LogP contribution in [0.2, 0.25) is 0 Å². The van der Waals surface area contributed by atoms with Gasteiger partial charge in [0, 0.05) is 18.1 Å². The zero-order valence-corrected chi connectivity index (χ0v) is 14.7. The van der Waals surface area contributed by atoms with Gasteiger partial charge in [-0.25, -0.2) is 0 Å². The molecular weight excluding hydrogens is 308 g/mol. The largest absolute Gasteiger partial charge is 0.491 e. The monoisotopic (exact) mass is 336 g/mol. The maximum Gasteiger partial charge on any atom is 0.165 e. The number of carbonyl (C=O) groups is 1. The van der Waals surface area contributed by atoms with Crippen LogP contribution >= 0.6 is 0 Å². The highest BCUT2D eigenvalue weighted by Crippen LogP contribution is 2.15. The van der Waals surface area contributed by atoms with E-state index in [1.165, 1.54) is 6.42 Å². The summed E-state index contributed by atoms with van der Waals surface area (Å²) in [6, 6.07) is 7.24. The Bertz CT molecular complexity index is 477. The molecule has 1 atom stereocenters. The molecule has 1 aromatic rings. The van der Waals surface area contributed by atoms with Crippen LogP contribution in [-0.4, -0.2) is 45.1 Å². The molecule has 0 aliphatic carbocycles. The Labute approximate surface area is 144 Å². The van der Waals surface area contributed by atoms with Crippen LogP contribution in [0.25, 0.3) is 0 Å². The number of Topliss-reactive ketones (excluding diaryl/α,β-unsaturated/α-hetero) is 1. The van der Waals surface area contributed by atoms with E-state index in [2.05, 4.69) is 0 Å². The molecule has 134 valence electrons. The van der Waals surface area contributed by atoms with Crippen molar-refractivity contribution in [1.82, 2.24) is 0 Å². The second-order valence-corrected chi connectivity index (χ2v) is 6.17. The van der Waals surface area contributed by atoms with E-state index in [1.54, 1.807) is 12.1 Å². The fourth-order valence-corrected chi connectivity index (χ4v) is 2.45. The smallest absolute Gasteiger partial charge is 0.165 e. The molecule has 0 saturated carbocycles. The van der Waals surface area contributed by atoms with E-state index >= 15 is 0 Å². The average molecular weight is 336 g/mol. The minimum Gasteiger partial charge on any atom is -0.491 e. The normalized spacial score (nSPS) is 17.9. The van der Waals surface area contributed by atoms with E-state index in [0.717, 1.165) is 30.8 Å². The molecule has 1 heterocycles. The summed E-state index contributed by atoms with van der Waals surface area (Å²) in [7, 11) is 0. The highest BCUT2D eigenvalue weighted by Gasteiger charge is 2.13. The first-order valence-corrected chi connectivity index (χ1v) is 8.75. The Hall–Kier alpha value is -1.43. The fourth-order valence-electron chi connectivity index (χ4n) is 2.45. The third-order valence-corrected chi connectivity index (χ3v) is 3.83. The molecule has 0 radical (unpaired) electrons. The SMILES string of the molecule is CC(C)C(=O)c1ccc(OCCOCCOC2CCCCO2)cc1. The second-order valence-electron chi connectivity index (χ2n) is 6.17. The molecule has 5 heteroatoms. The maximum absolute atomic E-state index is 11.8. The van der Waals surface area contributed by atoms with Gasteiger partial charge in [-0.2, -0.15) is 0 Å². The van der Waals surface area contributed by atoms with Crippen LogP contribution in [0.3, 0.4) is 0 Å². The second kappa shape index (κ2) is 10.4. The summed E-state index contributed by atoms with van der Waals surface area (Å²) in [5.74, 6) is 0.893. The summed E-state index contributed by atoms with van der Waals surface area (Å²) in [4.78, 5) is 11.8. The summed E-state index contributed by atoms with van der Waals surface area (Å²) in [6.45, 7) is 6.63. The first kappa shape index (κ1) is 18.9. The zero-order valence-electron chi connectivity index (χ0n) is 14.7. The predicted octanol–water partition coefficient (Wildman–Crippen LogP) is 3.46. The number of ketones is 1. The number of benzene rings is 1. The summed E-state index contributed by atoms with van der Waals surface area (Å²) < 4.78 is 22.1. The lowest BCUT2D eigenvalue weighted by atomic mass is 10.0. The molecule has 0 spiro atoms. The van der Waals surface area contributed by atoms with Crippen LogP contribution in [0.5, 0.6) is 5.75 Å². The van der Waals surface area contributed by atoms with Crippen LogP contribution in [0, 0.1) is 5.92 Å². The highest BCUT2D eigenvalue weighted by molar-refractivity contribution is 5.97. The van der Waals surface area contributed by atoms with Gasteiger partial charge in [-0.05, 0) is 43.5 Å². The molecule has 0 N–H and O–H groups in total. The van der Waals surface area contributed by atoms with E-state index in [-0.39, 0.29) is 18.0 Å². The molecule has 1 unspecified atom stereocenters. The van der Waals surface area contributed by atoms with E-state index in [1.807, 2.05) is 26.0 Å².